The smallest absolute Gasteiger partial charge is 0.164 e. The number of hydrogen-bond acceptors (Lipinski definition) is 6. The van der Waals surface area contributed by atoms with Gasteiger partial charge < -0.3 is 14.7 Å². The van der Waals surface area contributed by atoms with Gasteiger partial charge in [-0.3, -0.25) is 0 Å². The van der Waals surface area contributed by atoms with E-state index in [1.807, 2.05) is 60.7 Å². The highest BCUT2D eigenvalue weighted by Crippen LogP contribution is 2.50. The largest absolute Gasteiger partial charge is 0.374 e. The Bertz CT molecular complexity index is 2160. The minimum Gasteiger partial charge on any atom is -0.374 e. The summed E-state index contributed by atoms with van der Waals surface area (Å²) in [6.45, 7) is 0. The maximum Gasteiger partial charge on any atom is 0.164 e. The lowest BCUT2D eigenvalue weighted by molar-refractivity contribution is 1.07. The Balaban J connectivity index is 1.48. The third kappa shape index (κ3) is 6.99. The molecule has 0 saturated heterocycles. The number of anilines is 7. The van der Waals surface area contributed by atoms with Crippen molar-refractivity contribution < 1.29 is 0 Å². The van der Waals surface area contributed by atoms with E-state index in [1.54, 1.807) is 0 Å². The molecule has 256 valence electrons. The van der Waals surface area contributed by atoms with Crippen molar-refractivity contribution in [1.82, 2.24) is 15.0 Å². The van der Waals surface area contributed by atoms with Crippen LogP contribution in [0.1, 0.15) is 0 Å². The van der Waals surface area contributed by atoms with Crippen molar-refractivity contribution in [2.45, 2.75) is 0 Å². The predicted molar refractivity (Wildman–Crippen MR) is 220 cm³/mol. The summed E-state index contributed by atoms with van der Waals surface area (Å²) < 4.78 is 0. The maximum atomic E-state index is 5.19. The van der Waals surface area contributed by atoms with Crippen molar-refractivity contribution in [2.24, 2.45) is 0 Å². The number of rotatable bonds is 10. The van der Waals surface area contributed by atoms with Crippen LogP contribution in [0, 0.1) is 0 Å². The van der Waals surface area contributed by atoms with Gasteiger partial charge in [-0.05, 0) is 60.7 Å². The van der Waals surface area contributed by atoms with Crippen LogP contribution in [0.3, 0.4) is 0 Å². The molecule has 0 aliphatic rings. The summed E-state index contributed by atoms with van der Waals surface area (Å²) in [7, 11) is 4.21. The van der Waals surface area contributed by atoms with Crippen LogP contribution in [0.5, 0.6) is 0 Å². The molecule has 0 amide bonds. The molecule has 0 saturated carbocycles. The Morgan fingerprint density at radius 2 is 0.585 bits per heavy atom. The molecule has 0 aliphatic carbocycles. The van der Waals surface area contributed by atoms with Gasteiger partial charge in [-0.2, -0.15) is 0 Å². The van der Waals surface area contributed by atoms with Gasteiger partial charge in [-0.25, -0.2) is 15.0 Å². The first-order valence-electron chi connectivity index (χ1n) is 17.7. The molecule has 0 aliphatic heterocycles. The van der Waals surface area contributed by atoms with Gasteiger partial charge in [0.25, 0.3) is 0 Å². The molecule has 8 rings (SSSR count). The zero-order valence-electron chi connectivity index (χ0n) is 29.7. The summed E-state index contributed by atoms with van der Waals surface area (Å²) in [6.07, 6.45) is 0. The van der Waals surface area contributed by atoms with Crippen LogP contribution in [0.25, 0.3) is 34.2 Å². The summed E-state index contributed by atoms with van der Waals surface area (Å²) in [5.74, 6) is 1.80. The standard InChI is InChI=1S/C47H38N6/c1-51(2)44-42(52(38-25-13-5-14-26-38)39-27-15-6-16-28-39)33-37(34-43(44)53(40-29-17-7-18-30-40)41-31-19-8-20-32-41)47-49-45(35-21-9-3-10-22-35)48-46(50-47)36-23-11-4-12-24-36/h3-34H,1-2H3. The first kappa shape index (κ1) is 33.1. The lowest BCUT2D eigenvalue weighted by Gasteiger charge is -2.35. The second kappa shape index (κ2) is 15.1. The molecule has 1 aromatic heterocycles. The van der Waals surface area contributed by atoms with Gasteiger partial charge in [-0.1, -0.05) is 133 Å². The maximum absolute atomic E-state index is 5.19. The van der Waals surface area contributed by atoms with Crippen LogP contribution < -0.4 is 14.7 Å². The molecule has 53 heavy (non-hydrogen) atoms. The van der Waals surface area contributed by atoms with E-state index in [0.717, 1.165) is 56.5 Å². The molecule has 1 heterocycles. The second-order valence-corrected chi connectivity index (χ2v) is 12.8. The Kier molecular flexibility index (Phi) is 9.40. The highest BCUT2D eigenvalue weighted by atomic mass is 15.2. The van der Waals surface area contributed by atoms with Crippen LogP contribution in [0.2, 0.25) is 0 Å². The molecule has 0 fully saturated rings. The third-order valence-electron chi connectivity index (χ3n) is 9.01. The third-order valence-corrected chi connectivity index (χ3v) is 9.01. The van der Waals surface area contributed by atoms with Gasteiger partial charge in [-0.15, -0.1) is 0 Å². The highest BCUT2D eigenvalue weighted by molar-refractivity contribution is 5.98. The number of para-hydroxylation sites is 4. The van der Waals surface area contributed by atoms with Crippen molar-refractivity contribution in [3.8, 4) is 34.2 Å². The Labute approximate surface area is 310 Å². The zero-order chi connectivity index (χ0) is 36.0. The predicted octanol–water partition coefficient (Wildman–Crippen LogP) is 11.9. The summed E-state index contributed by atoms with van der Waals surface area (Å²) in [6, 6.07) is 66.7. The summed E-state index contributed by atoms with van der Waals surface area (Å²) in [5, 5.41) is 0. The van der Waals surface area contributed by atoms with Crippen LogP contribution >= 0.6 is 0 Å². The Morgan fingerprint density at radius 1 is 0.321 bits per heavy atom. The zero-order valence-corrected chi connectivity index (χ0v) is 29.7. The molecule has 6 heteroatoms. The van der Waals surface area contributed by atoms with E-state index in [1.165, 1.54) is 0 Å². The molecule has 7 aromatic carbocycles. The SMILES string of the molecule is CN(C)c1c(N(c2ccccc2)c2ccccc2)cc(-c2nc(-c3ccccc3)nc(-c3ccccc3)n2)cc1N(c1ccccc1)c1ccccc1. The first-order valence-corrected chi connectivity index (χ1v) is 17.7. The van der Waals surface area contributed by atoms with Gasteiger partial charge in [0, 0.05) is 53.5 Å². The van der Waals surface area contributed by atoms with Crippen molar-refractivity contribution in [3.05, 3.63) is 194 Å². The van der Waals surface area contributed by atoms with E-state index in [9.17, 15) is 0 Å². The van der Waals surface area contributed by atoms with Crippen molar-refractivity contribution in [3.63, 3.8) is 0 Å². The van der Waals surface area contributed by atoms with Gasteiger partial charge in [0.15, 0.2) is 17.5 Å². The Hall–Kier alpha value is -7.05. The fourth-order valence-corrected chi connectivity index (χ4v) is 6.63. The summed E-state index contributed by atoms with van der Waals surface area (Å²) in [4.78, 5) is 22.2. The molecular formula is C47H38N6. The van der Waals surface area contributed by atoms with Crippen molar-refractivity contribution in [2.75, 3.05) is 28.8 Å². The van der Waals surface area contributed by atoms with E-state index in [4.69, 9.17) is 15.0 Å². The lowest BCUT2D eigenvalue weighted by atomic mass is 10.0. The summed E-state index contributed by atoms with van der Waals surface area (Å²) in [5.41, 5.74) is 9.78. The molecule has 0 radical (unpaired) electrons. The van der Waals surface area contributed by atoms with E-state index in [0.29, 0.717) is 17.5 Å². The number of benzene rings is 7. The molecule has 8 aromatic rings. The van der Waals surface area contributed by atoms with Crippen molar-refractivity contribution >= 4 is 39.8 Å². The monoisotopic (exact) mass is 686 g/mol. The molecule has 0 unspecified atom stereocenters. The van der Waals surface area contributed by atoms with Crippen LogP contribution in [-0.4, -0.2) is 29.0 Å². The minimum atomic E-state index is 0.577. The Morgan fingerprint density at radius 3 is 0.868 bits per heavy atom. The summed E-state index contributed by atoms with van der Waals surface area (Å²) >= 11 is 0. The normalized spacial score (nSPS) is 10.8. The average molecular weight is 687 g/mol. The van der Waals surface area contributed by atoms with E-state index >= 15 is 0 Å². The number of hydrogen-bond donors (Lipinski definition) is 0. The van der Waals surface area contributed by atoms with E-state index < -0.39 is 0 Å². The molecular weight excluding hydrogens is 649 g/mol. The van der Waals surface area contributed by atoms with Crippen molar-refractivity contribution in [1.29, 1.82) is 0 Å². The quantitative estimate of drug-likeness (QED) is 0.143. The van der Waals surface area contributed by atoms with Gasteiger partial charge >= 0.3 is 0 Å². The minimum absolute atomic E-state index is 0.577. The second-order valence-electron chi connectivity index (χ2n) is 12.8. The van der Waals surface area contributed by atoms with Gasteiger partial charge in [0.2, 0.25) is 0 Å². The molecule has 0 atom stereocenters. The van der Waals surface area contributed by atoms with Crippen LogP contribution in [0.15, 0.2) is 194 Å². The molecule has 6 nitrogen and oxygen atoms in total. The van der Waals surface area contributed by atoms with Gasteiger partial charge in [0.05, 0.1) is 17.1 Å². The lowest BCUT2D eigenvalue weighted by Crippen LogP contribution is -2.21. The van der Waals surface area contributed by atoms with Crippen LogP contribution in [0.4, 0.5) is 39.8 Å². The van der Waals surface area contributed by atoms with E-state index in [-0.39, 0.29) is 0 Å². The number of nitrogens with zero attached hydrogens (tertiary/aromatic N) is 6. The fourth-order valence-electron chi connectivity index (χ4n) is 6.63. The van der Waals surface area contributed by atoms with E-state index in [2.05, 4.69) is 162 Å². The van der Waals surface area contributed by atoms with Crippen LogP contribution in [-0.2, 0) is 0 Å². The molecule has 0 bridgehead atoms. The fraction of sp³-hybridized carbons (Fsp3) is 0.0426. The topological polar surface area (TPSA) is 48.4 Å². The number of aromatic nitrogens is 3. The molecule has 0 spiro atoms. The molecule has 0 N–H and O–H groups in total. The first-order chi connectivity index (χ1) is 26.1. The van der Waals surface area contributed by atoms with Gasteiger partial charge in [0.1, 0.15) is 0 Å². The highest BCUT2D eigenvalue weighted by Gasteiger charge is 2.27. The average Bonchev–Trinajstić information content (AvgIpc) is 3.23.